The van der Waals surface area contributed by atoms with Crippen molar-refractivity contribution in [3.63, 3.8) is 0 Å². The van der Waals surface area contributed by atoms with E-state index >= 15 is 0 Å². The third-order valence-corrected chi connectivity index (χ3v) is 3.90. The number of rotatable bonds is 2. The number of urea groups is 1. The maximum Gasteiger partial charge on any atom is 0.323 e. The molecule has 0 bridgehead atoms. The van der Waals surface area contributed by atoms with Crippen LogP contribution >= 0.6 is 0 Å². The molecule has 0 saturated carbocycles. The Morgan fingerprint density at radius 3 is 2.80 bits per heavy atom. The first-order valence-electron chi connectivity index (χ1n) is 8.07. The summed E-state index contributed by atoms with van der Waals surface area (Å²) in [5, 5.41) is 2.79. The van der Waals surface area contributed by atoms with Gasteiger partial charge in [-0.15, -0.1) is 0 Å². The molecule has 0 unspecified atom stereocenters. The standard InChI is InChI=1S/C18H22N4O3/c1-12-8-20-16(9-19-12)21-17(23)22-10-13-5-6-14(24-4)7-15(13)25-18(2,3)11-22/h5-9H,10-11H2,1-4H3,(H,20,21,23). The van der Waals surface area contributed by atoms with E-state index in [-0.39, 0.29) is 6.03 Å². The van der Waals surface area contributed by atoms with Gasteiger partial charge in [0.25, 0.3) is 0 Å². The highest BCUT2D eigenvalue weighted by Crippen LogP contribution is 2.32. The van der Waals surface area contributed by atoms with Gasteiger partial charge in [0, 0.05) is 11.6 Å². The van der Waals surface area contributed by atoms with Crippen LogP contribution in [0.2, 0.25) is 0 Å². The molecule has 0 saturated heterocycles. The molecule has 0 aliphatic carbocycles. The van der Waals surface area contributed by atoms with Crippen LogP contribution in [-0.2, 0) is 6.54 Å². The third-order valence-electron chi connectivity index (χ3n) is 3.90. The van der Waals surface area contributed by atoms with Gasteiger partial charge in [-0.1, -0.05) is 0 Å². The minimum absolute atomic E-state index is 0.238. The van der Waals surface area contributed by atoms with Gasteiger partial charge < -0.3 is 14.4 Å². The number of nitrogens with one attached hydrogen (secondary N) is 1. The van der Waals surface area contributed by atoms with Crippen molar-refractivity contribution in [1.29, 1.82) is 0 Å². The zero-order chi connectivity index (χ0) is 18.0. The van der Waals surface area contributed by atoms with E-state index in [1.54, 1.807) is 24.4 Å². The number of anilines is 1. The van der Waals surface area contributed by atoms with E-state index in [4.69, 9.17) is 9.47 Å². The van der Waals surface area contributed by atoms with Gasteiger partial charge in [0.15, 0.2) is 5.82 Å². The Labute approximate surface area is 147 Å². The molecular weight excluding hydrogens is 320 g/mol. The smallest absolute Gasteiger partial charge is 0.323 e. The van der Waals surface area contributed by atoms with Crippen molar-refractivity contribution in [2.75, 3.05) is 19.0 Å². The number of fused-ring (bicyclic) bond motifs is 1. The SMILES string of the molecule is COc1ccc2c(c1)OC(C)(C)CN(C(=O)Nc1cnc(C)cn1)C2. The van der Waals surface area contributed by atoms with E-state index in [1.165, 1.54) is 0 Å². The van der Waals surface area contributed by atoms with E-state index in [1.807, 2.05) is 39.0 Å². The maximum atomic E-state index is 12.7. The summed E-state index contributed by atoms with van der Waals surface area (Å²) in [5.74, 6) is 1.88. The number of hydrogen-bond acceptors (Lipinski definition) is 5. The molecule has 1 aromatic carbocycles. The molecule has 3 rings (SSSR count). The number of benzene rings is 1. The Hall–Kier alpha value is -2.83. The second kappa shape index (κ2) is 6.58. The number of nitrogens with zero attached hydrogens (tertiary/aromatic N) is 3. The summed E-state index contributed by atoms with van der Waals surface area (Å²) in [4.78, 5) is 22.7. The summed E-state index contributed by atoms with van der Waals surface area (Å²) in [5.41, 5.74) is 1.19. The first-order valence-corrected chi connectivity index (χ1v) is 8.07. The highest BCUT2D eigenvalue weighted by molar-refractivity contribution is 5.88. The van der Waals surface area contributed by atoms with Crippen LogP contribution in [0.1, 0.15) is 25.1 Å². The van der Waals surface area contributed by atoms with Crippen molar-refractivity contribution < 1.29 is 14.3 Å². The molecule has 25 heavy (non-hydrogen) atoms. The molecule has 1 aliphatic heterocycles. The Balaban J connectivity index is 1.83. The Kier molecular flexibility index (Phi) is 4.48. The molecule has 2 amide bonds. The largest absolute Gasteiger partial charge is 0.497 e. The van der Waals surface area contributed by atoms with Crippen LogP contribution in [0.15, 0.2) is 30.6 Å². The van der Waals surface area contributed by atoms with Crippen LogP contribution in [0.4, 0.5) is 10.6 Å². The van der Waals surface area contributed by atoms with Crippen molar-refractivity contribution >= 4 is 11.8 Å². The first-order chi connectivity index (χ1) is 11.9. The number of carbonyl (C=O) groups is 1. The van der Waals surface area contributed by atoms with Gasteiger partial charge in [0.1, 0.15) is 17.1 Å². The second-order valence-electron chi connectivity index (χ2n) is 6.66. The van der Waals surface area contributed by atoms with Crippen molar-refractivity contribution in [2.45, 2.75) is 32.9 Å². The summed E-state index contributed by atoms with van der Waals surface area (Å²) in [6, 6.07) is 5.39. The fourth-order valence-electron chi connectivity index (χ4n) is 2.73. The van der Waals surface area contributed by atoms with Crippen LogP contribution in [0, 0.1) is 6.92 Å². The molecule has 0 spiro atoms. The topological polar surface area (TPSA) is 76.6 Å². The molecule has 1 aromatic heterocycles. The maximum absolute atomic E-state index is 12.7. The first kappa shape index (κ1) is 17.0. The summed E-state index contributed by atoms with van der Waals surface area (Å²) in [7, 11) is 1.62. The van der Waals surface area contributed by atoms with Crippen molar-refractivity contribution in [3.05, 3.63) is 41.9 Å². The third kappa shape index (κ3) is 3.99. The van der Waals surface area contributed by atoms with E-state index in [0.29, 0.717) is 18.9 Å². The predicted octanol–water partition coefficient (Wildman–Crippen LogP) is 3.00. The van der Waals surface area contributed by atoms with Gasteiger partial charge in [-0.2, -0.15) is 0 Å². The average Bonchev–Trinajstić information content (AvgIpc) is 2.70. The van der Waals surface area contributed by atoms with Gasteiger partial charge in [0.05, 0.1) is 38.3 Å². The predicted molar refractivity (Wildman–Crippen MR) is 93.9 cm³/mol. The molecule has 2 heterocycles. The number of aryl methyl sites for hydroxylation is 1. The van der Waals surface area contributed by atoms with Crippen LogP contribution in [0.5, 0.6) is 11.5 Å². The van der Waals surface area contributed by atoms with Gasteiger partial charge in [-0.05, 0) is 32.9 Å². The van der Waals surface area contributed by atoms with Crippen LogP contribution < -0.4 is 14.8 Å². The van der Waals surface area contributed by atoms with Crippen molar-refractivity contribution in [2.24, 2.45) is 0 Å². The lowest BCUT2D eigenvalue weighted by Gasteiger charge is -2.29. The lowest BCUT2D eigenvalue weighted by molar-refractivity contribution is 0.0833. The Bertz CT molecular complexity index is 774. The van der Waals surface area contributed by atoms with Crippen LogP contribution in [0.25, 0.3) is 0 Å². The summed E-state index contributed by atoms with van der Waals surface area (Å²) in [6.45, 7) is 6.63. The zero-order valence-electron chi connectivity index (χ0n) is 14.9. The zero-order valence-corrected chi connectivity index (χ0v) is 14.9. The van der Waals surface area contributed by atoms with Gasteiger partial charge >= 0.3 is 6.03 Å². The molecule has 7 heteroatoms. The van der Waals surface area contributed by atoms with Gasteiger partial charge in [0.2, 0.25) is 0 Å². The van der Waals surface area contributed by atoms with Crippen LogP contribution in [-0.4, -0.2) is 40.2 Å². The van der Waals surface area contributed by atoms with Crippen molar-refractivity contribution in [3.8, 4) is 11.5 Å². The second-order valence-corrected chi connectivity index (χ2v) is 6.66. The quantitative estimate of drug-likeness (QED) is 0.908. The average molecular weight is 342 g/mol. The fraction of sp³-hybridized carbons (Fsp3) is 0.389. The van der Waals surface area contributed by atoms with Gasteiger partial charge in [-0.3, -0.25) is 10.3 Å². The number of aromatic nitrogens is 2. The molecule has 7 nitrogen and oxygen atoms in total. The number of methoxy groups -OCH3 is 1. The molecule has 0 fully saturated rings. The number of carbonyl (C=O) groups excluding carboxylic acids is 1. The van der Waals surface area contributed by atoms with E-state index in [2.05, 4.69) is 15.3 Å². The Morgan fingerprint density at radius 1 is 1.32 bits per heavy atom. The van der Waals surface area contributed by atoms with Crippen molar-refractivity contribution in [1.82, 2.24) is 14.9 Å². The summed E-state index contributed by atoms with van der Waals surface area (Å²) in [6.07, 6.45) is 3.16. The Morgan fingerprint density at radius 2 is 2.12 bits per heavy atom. The minimum Gasteiger partial charge on any atom is -0.497 e. The van der Waals surface area contributed by atoms with E-state index in [0.717, 1.165) is 22.8 Å². The number of ether oxygens (including phenoxy) is 2. The highest BCUT2D eigenvalue weighted by atomic mass is 16.5. The van der Waals surface area contributed by atoms with Crippen LogP contribution in [0.3, 0.4) is 0 Å². The fourth-order valence-corrected chi connectivity index (χ4v) is 2.73. The molecule has 0 atom stereocenters. The van der Waals surface area contributed by atoms with E-state index < -0.39 is 5.60 Å². The molecule has 1 aliphatic rings. The minimum atomic E-state index is -0.534. The lowest BCUT2D eigenvalue weighted by Crippen LogP contribution is -2.44. The monoisotopic (exact) mass is 342 g/mol. The molecule has 1 N–H and O–H groups in total. The lowest BCUT2D eigenvalue weighted by atomic mass is 10.1. The number of hydrogen-bond donors (Lipinski definition) is 1. The molecule has 2 aromatic rings. The molecule has 132 valence electrons. The van der Waals surface area contributed by atoms with E-state index in [9.17, 15) is 4.79 Å². The highest BCUT2D eigenvalue weighted by Gasteiger charge is 2.32. The van der Waals surface area contributed by atoms with Gasteiger partial charge in [-0.25, -0.2) is 9.78 Å². The summed E-state index contributed by atoms with van der Waals surface area (Å²) >= 11 is 0. The molecule has 0 radical (unpaired) electrons. The normalized spacial score (nSPS) is 15.6. The summed E-state index contributed by atoms with van der Waals surface area (Å²) < 4.78 is 11.4. The number of amides is 2. The molecular formula is C18H22N4O3.